The van der Waals surface area contributed by atoms with Gasteiger partial charge in [-0.2, -0.15) is 0 Å². The number of nitrogens with one attached hydrogen (secondary N) is 1. The number of allylic oxidation sites excluding steroid dienone is 1. The highest BCUT2D eigenvalue weighted by molar-refractivity contribution is 5.93. The fourth-order valence-electron chi connectivity index (χ4n) is 2.03. The van der Waals surface area contributed by atoms with Gasteiger partial charge in [-0.1, -0.05) is 6.08 Å². The zero-order chi connectivity index (χ0) is 10.5. The molecule has 1 aromatic heterocycles. The van der Waals surface area contributed by atoms with Crippen molar-refractivity contribution in [3.63, 3.8) is 0 Å². The molecule has 3 rings (SSSR count). The zero-order valence-corrected chi connectivity index (χ0v) is 8.16. The first-order chi connectivity index (χ1) is 7.21. The molecule has 0 aromatic carbocycles. The van der Waals surface area contributed by atoms with E-state index >= 15 is 0 Å². The number of aromatic nitrogens is 1. The summed E-state index contributed by atoms with van der Waals surface area (Å²) in [5, 5.41) is 3.08. The monoisotopic (exact) mass is 201 g/mol. The average molecular weight is 201 g/mol. The molecule has 0 bridgehead atoms. The third kappa shape index (κ3) is 1.14. The first-order valence-corrected chi connectivity index (χ1v) is 4.96. The van der Waals surface area contributed by atoms with Gasteiger partial charge in [-0.25, -0.2) is 4.98 Å². The molecule has 0 radical (unpaired) electrons. The van der Waals surface area contributed by atoms with Crippen molar-refractivity contribution in [1.29, 1.82) is 0 Å². The Hall–Kier alpha value is -1.84. The van der Waals surface area contributed by atoms with Crippen LogP contribution < -0.4 is 11.1 Å². The van der Waals surface area contributed by atoms with E-state index in [1.807, 2.05) is 12.3 Å². The molecule has 4 nitrogen and oxygen atoms in total. The molecule has 0 atom stereocenters. The number of fused-ring (bicyclic) bond motifs is 2. The molecule has 0 unspecified atom stereocenters. The Morgan fingerprint density at radius 1 is 1.53 bits per heavy atom. The highest BCUT2D eigenvalue weighted by atomic mass is 16.1. The first-order valence-electron chi connectivity index (χ1n) is 4.96. The Morgan fingerprint density at radius 2 is 2.33 bits per heavy atom. The number of carbonyl (C=O) groups excluding carboxylic acids is 1. The Labute approximate surface area is 87.2 Å². The van der Waals surface area contributed by atoms with Gasteiger partial charge in [-0.3, -0.25) is 4.79 Å². The van der Waals surface area contributed by atoms with Gasteiger partial charge in [0.15, 0.2) is 0 Å². The largest absolute Gasteiger partial charge is 0.366 e. The number of nitrogens with two attached hydrogens (primary N) is 1. The SMILES string of the molecule is NC(=O)c1cnc2c(c1)C1(C=CN2)CC1. The summed E-state index contributed by atoms with van der Waals surface area (Å²) >= 11 is 0. The third-order valence-corrected chi connectivity index (χ3v) is 3.12. The van der Waals surface area contributed by atoms with E-state index < -0.39 is 5.91 Å². The van der Waals surface area contributed by atoms with Gasteiger partial charge in [0.05, 0.1) is 5.56 Å². The van der Waals surface area contributed by atoms with Crippen LogP contribution in [0.5, 0.6) is 0 Å². The second-order valence-electron chi connectivity index (χ2n) is 4.12. The van der Waals surface area contributed by atoms with Crippen LogP contribution in [0.4, 0.5) is 5.82 Å². The molecule has 3 N–H and O–H groups in total. The summed E-state index contributed by atoms with van der Waals surface area (Å²) in [6.07, 6.45) is 7.83. The van der Waals surface area contributed by atoms with Crippen molar-refractivity contribution in [3.8, 4) is 0 Å². The van der Waals surface area contributed by atoms with Crippen LogP contribution in [0.1, 0.15) is 28.8 Å². The van der Waals surface area contributed by atoms with Crippen LogP contribution >= 0.6 is 0 Å². The van der Waals surface area contributed by atoms with Crippen molar-refractivity contribution in [2.45, 2.75) is 18.3 Å². The van der Waals surface area contributed by atoms with Crippen LogP contribution in [-0.2, 0) is 5.41 Å². The number of pyridine rings is 1. The lowest BCUT2D eigenvalue weighted by Crippen LogP contribution is -2.17. The van der Waals surface area contributed by atoms with Gasteiger partial charge >= 0.3 is 0 Å². The molecule has 1 aromatic rings. The molecular weight excluding hydrogens is 190 g/mol. The summed E-state index contributed by atoms with van der Waals surface area (Å²) in [5.41, 5.74) is 6.94. The molecule has 15 heavy (non-hydrogen) atoms. The average Bonchev–Trinajstić information content (AvgIpc) is 2.99. The lowest BCUT2D eigenvalue weighted by Gasteiger charge is -2.20. The van der Waals surface area contributed by atoms with E-state index in [9.17, 15) is 4.79 Å². The van der Waals surface area contributed by atoms with Crippen LogP contribution in [-0.4, -0.2) is 10.9 Å². The van der Waals surface area contributed by atoms with E-state index in [2.05, 4.69) is 16.4 Å². The number of amides is 1. The van der Waals surface area contributed by atoms with Crippen molar-refractivity contribution in [1.82, 2.24) is 4.98 Å². The summed E-state index contributed by atoms with van der Waals surface area (Å²) in [4.78, 5) is 15.3. The second-order valence-corrected chi connectivity index (χ2v) is 4.12. The van der Waals surface area contributed by atoms with Gasteiger partial charge in [0.1, 0.15) is 5.82 Å². The van der Waals surface area contributed by atoms with Crippen LogP contribution in [0.2, 0.25) is 0 Å². The number of anilines is 1. The minimum atomic E-state index is -0.421. The first kappa shape index (κ1) is 8.47. The topological polar surface area (TPSA) is 68.0 Å². The molecule has 2 aliphatic rings. The third-order valence-electron chi connectivity index (χ3n) is 3.12. The van der Waals surface area contributed by atoms with Crippen molar-refractivity contribution in [2.75, 3.05) is 5.32 Å². The number of carbonyl (C=O) groups is 1. The molecule has 4 heteroatoms. The van der Waals surface area contributed by atoms with E-state index in [1.54, 1.807) is 0 Å². The smallest absolute Gasteiger partial charge is 0.250 e. The van der Waals surface area contributed by atoms with Crippen LogP contribution in [0.3, 0.4) is 0 Å². The normalized spacial score (nSPS) is 19.5. The summed E-state index contributed by atoms with van der Waals surface area (Å²) in [6.45, 7) is 0. The minimum Gasteiger partial charge on any atom is -0.366 e. The lowest BCUT2D eigenvalue weighted by molar-refractivity contribution is 0.1000. The molecular formula is C11H11N3O. The van der Waals surface area contributed by atoms with Gasteiger partial charge in [0.2, 0.25) is 5.91 Å². The van der Waals surface area contributed by atoms with Gasteiger partial charge < -0.3 is 11.1 Å². The lowest BCUT2D eigenvalue weighted by atomic mass is 9.93. The Balaban J connectivity index is 2.15. The van der Waals surface area contributed by atoms with E-state index in [0.717, 1.165) is 24.2 Å². The van der Waals surface area contributed by atoms with Gasteiger partial charge in [0, 0.05) is 17.2 Å². The maximum Gasteiger partial charge on any atom is 0.250 e. The van der Waals surface area contributed by atoms with Gasteiger partial charge in [-0.05, 0) is 25.1 Å². The number of nitrogens with zero attached hydrogens (tertiary/aromatic N) is 1. The number of rotatable bonds is 1. The molecule has 1 spiro atoms. The van der Waals surface area contributed by atoms with E-state index in [1.165, 1.54) is 6.20 Å². The van der Waals surface area contributed by atoms with Crippen LogP contribution in [0.25, 0.3) is 0 Å². The molecule has 1 saturated carbocycles. The number of primary amides is 1. The summed E-state index contributed by atoms with van der Waals surface area (Å²) in [6, 6.07) is 1.86. The molecule has 1 aliphatic heterocycles. The Bertz CT molecular complexity index is 475. The molecule has 0 saturated heterocycles. The Kier molecular flexibility index (Phi) is 1.46. The molecule has 1 aliphatic carbocycles. The van der Waals surface area contributed by atoms with Gasteiger partial charge in [0.25, 0.3) is 0 Å². The predicted octanol–water partition coefficient (Wildman–Crippen LogP) is 1.15. The van der Waals surface area contributed by atoms with Crippen molar-refractivity contribution in [3.05, 3.63) is 35.7 Å². The summed E-state index contributed by atoms with van der Waals surface area (Å²) in [7, 11) is 0. The number of hydrogen-bond acceptors (Lipinski definition) is 3. The van der Waals surface area contributed by atoms with E-state index in [0.29, 0.717) is 5.56 Å². The highest BCUT2D eigenvalue weighted by Gasteiger charge is 2.45. The van der Waals surface area contributed by atoms with Gasteiger partial charge in [-0.15, -0.1) is 0 Å². The zero-order valence-electron chi connectivity index (χ0n) is 8.16. The second kappa shape index (κ2) is 2.59. The minimum absolute atomic E-state index is 0.124. The van der Waals surface area contributed by atoms with Crippen molar-refractivity contribution < 1.29 is 4.79 Å². The fraction of sp³-hybridized carbons (Fsp3) is 0.273. The fourth-order valence-corrected chi connectivity index (χ4v) is 2.03. The standard InChI is InChI=1S/C11H11N3O/c12-9(15)7-5-8-10(14-6-7)13-4-3-11(8)1-2-11/h3-6H,1-2H2,(H2,12,15)(H,13,14). The summed E-state index contributed by atoms with van der Waals surface area (Å²) in [5.74, 6) is 0.427. The maximum atomic E-state index is 11.1. The maximum absolute atomic E-state index is 11.1. The van der Waals surface area contributed by atoms with Crippen LogP contribution in [0, 0.1) is 0 Å². The molecule has 1 amide bonds. The van der Waals surface area contributed by atoms with Crippen molar-refractivity contribution >= 4 is 11.7 Å². The molecule has 2 heterocycles. The Morgan fingerprint density at radius 3 is 3.00 bits per heavy atom. The predicted molar refractivity (Wildman–Crippen MR) is 56.4 cm³/mol. The highest BCUT2D eigenvalue weighted by Crippen LogP contribution is 2.53. The van der Waals surface area contributed by atoms with E-state index in [4.69, 9.17) is 5.73 Å². The van der Waals surface area contributed by atoms with Crippen LogP contribution in [0.15, 0.2) is 24.5 Å². The van der Waals surface area contributed by atoms with E-state index in [-0.39, 0.29) is 5.41 Å². The molecule has 76 valence electrons. The number of hydrogen-bond donors (Lipinski definition) is 2. The summed E-state index contributed by atoms with van der Waals surface area (Å²) < 4.78 is 0. The quantitative estimate of drug-likeness (QED) is 0.716. The molecule has 1 fully saturated rings. The van der Waals surface area contributed by atoms with Crippen molar-refractivity contribution in [2.24, 2.45) is 5.73 Å².